The Kier molecular flexibility index (Phi) is 9.05. The zero-order valence-electron chi connectivity index (χ0n) is 4.58. The van der Waals surface area contributed by atoms with Gasteiger partial charge in [-0.25, -0.2) is 0 Å². The van der Waals surface area contributed by atoms with E-state index >= 15 is 0 Å². The smallest absolute Gasteiger partial charge is 0.109 e. The minimum absolute atomic E-state index is 0.480. The van der Waals surface area contributed by atoms with Gasteiger partial charge in [0.2, 0.25) is 0 Å². The zero-order valence-corrected chi connectivity index (χ0v) is 8.89. The lowest BCUT2D eigenvalue weighted by Gasteiger charge is -1.86. The van der Waals surface area contributed by atoms with E-state index in [0.717, 1.165) is 0 Å². The minimum atomic E-state index is 0.480. The van der Waals surface area contributed by atoms with Crippen LogP contribution in [0.2, 0.25) is 0 Å². The molecule has 0 aliphatic rings. The summed E-state index contributed by atoms with van der Waals surface area (Å²) >= 11 is 3.94. The van der Waals surface area contributed by atoms with E-state index in [1.165, 1.54) is 0 Å². The highest BCUT2D eigenvalue weighted by Crippen LogP contribution is 1.75. The van der Waals surface area contributed by atoms with Gasteiger partial charge in [-0.1, -0.05) is 11.8 Å². The predicted octanol–water partition coefficient (Wildman–Crippen LogP) is 1.79. The van der Waals surface area contributed by atoms with Gasteiger partial charge in [-0.3, -0.25) is 0 Å². The Hall–Kier alpha value is 0.540. The molecule has 1 nitrogen and oxygen atoms in total. The van der Waals surface area contributed by atoms with Gasteiger partial charge < -0.3 is 4.74 Å². The lowest BCUT2D eigenvalue weighted by molar-refractivity contribution is 0.205. The van der Waals surface area contributed by atoms with Gasteiger partial charge in [-0.15, -0.1) is 0 Å². The second-order valence-corrected chi connectivity index (χ2v) is 2.11. The Labute approximate surface area is 82.2 Å². The molecule has 0 unspecified atom stereocenters. The molecule has 0 amide bonds. The largest absolute Gasteiger partial charge is 0.356 e. The Balaban J connectivity index is 3.04. The van der Waals surface area contributed by atoms with Crippen molar-refractivity contribution in [2.24, 2.45) is 0 Å². The van der Waals surface area contributed by atoms with Crippen LogP contribution < -0.4 is 0 Å². The molecule has 0 atom stereocenters. The summed E-state index contributed by atoms with van der Waals surface area (Å²) in [7, 11) is 0. The van der Waals surface area contributed by atoms with Crippen molar-refractivity contribution in [3.8, 4) is 19.7 Å². The zero-order chi connectivity index (χ0) is 6.95. The summed E-state index contributed by atoms with van der Waals surface area (Å²) in [5, 5.41) is 0. The van der Waals surface area contributed by atoms with Crippen LogP contribution >= 0.6 is 45.2 Å². The third kappa shape index (κ3) is 8.54. The maximum atomic E-state index is 4.96. The van der Waals surface area contributed by atoms with Gasteiger partial charge >= 0.3 is 0 Å². The van der Waals surface area contributed by atoms with Crippen molar-refractivity contribution in [3.05, 3.63) is 0 Å². The first kappa shape index (κ1) is 9.54. The Morgan fingerprint density at radius 1 is 1.00 bits per heavy atom. The van der Waals surface area contributed by atoms with Gasteiger partial charge in [0, 0.05) is 45.2 Å². The van der Waals surface area contributed by atoms with Crippen LogP contribution in [-0.4, -0.2) is 13.2 Å². The highest BCUT2D eigenvalue weighted by Gasteiger charge is 1.73. The van der Waals surface area contributed by atoms with Crippen LogP contribution in [0.15, 0.2) is 0 Å². The lowest BCUT2D eigenvalue weighted by atomic mass is 10.7. The van der Waals surface area contributed by atoms with Crippen LogP contribution in [0.5, 0.6) is 0 Å². The number of halogens is 2. The van der Waals surface area contributed by atoms with Crippen LogP contribution in [0.3, 0.4) is 0 Å². The molecule has 0 saturated heterocycles. The Morgan fingerprint density at radius 2 is 1.44 bits per heavy atom. The van der Waals surface area contributed by atoms with Gasteiger partial charge in [0.15, 0.2) is 0 Å². The molecule has 0 fully saturated rings. The van der Waals surface area contributed by atoms with E-state index in [2.05, 4.69) is 19.7 Å². The molecule has 0 aromatic heterocycles. The Morgan fingerprint density at radius 3 is 1.78 bits per heavy atom. The minimum Gasteiger partial charge on any atom is -0.356 e. The molecular weight excluding hydrogens is 342 g/mol. The first-order valence-corrected chi connectivity index (χ1v) is 4.32. The van der Waals surface area contributed by atoms with E-state index < -0.39 is 0 Å². The van der Waals surface area contributed by atoms with E-state index in [4.69, 9.17) is 4.74 Å². The third-order valence-electron chi connectivity index (χ3n) is 0.482. The first-order chi connectivity index (χ1) is 4.41. The molecular formula is C6H4I2O. The van der Waals surface area contributed by atoms with Gasteiger partial charge in [0.05, 0.1) is 0 Å². The second kappa shape index (κ2) is 8.54. The second-order valence-electron chi connectivity index (χ2n) is 1.04. The normalized spacial score (nSPS) is 6.44. The molecule has 0 heterocycles. The molecule has 0 spiro atoms. The van der Waals surface area contributed by atoms with Crippen molar-refractivity contribution in [1.82, 2.24) is 0 Å². The molecule has 0 radical (unpaired) electrons. The highest BCUT2D eigenvalue weighted by molar-refractivity contribution is 14.1. The van der Waals surface area contributed by atoms with Gasteiger partial charge in [0.1, 0.15) is 13.2 Å². The van der Waals surface area contributed by atoms with E-state index in [0.29, 0.717) is 13.2 Å². The maximum Gasteiger partial charge on any atom is 0.109 e. The summed E-state index contributed by atoms with van der Waals surface area (Å²) in [6, 6.07) is 0. The molecule has 0 saturated carbocycles. The van der Waals surface area contributed by atoms with E-state index in [1.807, 2.05) is 45.2 Å². The number of hydrogen-bond acceptors (Lipinski definition) is 1. The van der Waals surface area contributed by atoms with Crippen molar-refractivity contribution in [3.63, 3.8) is 0 Å². The Bertz CT molecular complexity index is 147. The van der Waals surface area contributed by atoms with Crippen molar-refractivity contribution < 1.29 is 4.74 Å². The van der Waals surface area contributed by atoms with Crippen LogP contribution in [0.4, 0.5) is 0 Å². The highest BCUT2D eigenvalue weighted by atomic mass is 127. The van der Waals surface area contributed by atoms with Crippen LogP contribution in [0.25, 0.3) is 0 Å². The third-order valence-corrected chi connectivity index (χ3v) is 1.24. The maximum absolute atomic E-state index is 4.96. The molecule has 48 valence electrons. The van der Waals surface area contributed by atoms with Crippen LogP contribution in [-0.2, 0) is 4.74 Å². The summed E-state index contributed by atoms with van der Waals surface area (Å²) < 4.78 is 10.3. The van der Waals surface area contributed by atoms with Gasteiger partial charge in [-0.05, 0) is 7.85 Å². The lowest BCUT2D eigenvalue weighted by Crippen LogP contribution is -1.89. The molecule has 9 heavy (non-hydrogen) atoms. The fraction of sp³-hybridized carbons (Fsp3) is 0.333. The van der Waals surface area contributed by atoms with E-state index in [9.17, 15) is 0 Å². The van der Waals surface area contributed by atoms with E-state index in [-0.39, 0.29) is 0 Å². The topological polar surface area (TPSA) is 9.23 Å². The number of ether oxygens (including phenoxy) is 1. The van der Waals surface area contributed by atoms with Crippen molar-refractivity contribution >= 4 is 45.2 Å². The first-order valence-electron chi connectivity index (χ1n) is 2.16. The monoisotopic (exact) mass is 346 g/mol. The van der Waals surface area contributed by atoms with Crippen molar-refractivity contribution in [2.45, 2.75) is 0 Å². The van der Waals surface area contributed by atoms with Crippen molar-refractivity contribution in [1.29, 1.82) is 0 Å². The average Bonchev–Trinajstić information content (AvgIpc) is 1.89. The van der Waals surface area contributed by atoms with Crippen molar-refractivity contribution in [2.75, 3.05) is 13.2 Å². The molecule has 0 aromatic rings. The molecule has 3 heteroatoms. The summed E-state index contributed by atoms with van der Waals surface area (Å²) in [5.74, 6) is 5.50. The fourth-order valence-corrected chi connectivity index (χ4v) is 0.519. The fourth-order valence-electron chi connectivity index (χ4n) is 0.208. The molecule has 0 aliphatic carbocycles. The molecule has 0 N–H and O–H groups in total. The summed E-state index contributed by atoms with van der Waals surface area (Å²) in [6.07, 6.45) is 0. The average molecular weight is 346 g/mol. The SMILES string of the molecule is IC#CCOCC#CI. The van der Waals surface area contributed by atoms with E-state index in [1.54, 1.807) is 0 Å². The summed E-state index contributed by atoms with van der Waals surface area (Å²) in [6.45, 7) is 0.961. The number of hydrogen-bond donors (Lipinski definition) is 0. The quantitative estimate of drug-likeness (QED) is 0.421. The van der Waals surface area contributed by atoms with Crippen LogP contribution in [0, 0.1) is 19.7 Å². The molecule has 0 aliphatic heterocycles. The predicted molar refractivity (Wildman–Crippen MR) is 54.4 cm³/mol. The number of rotatable bonds is 2. The molecule has 0 aromatic carbocycles. The molecule has 0 bridgehead atoms. The summed E-state index contributed by atoms with van der Waals surface area (Å²) in [4.78, 5) is 0. The van der Waals surface area contributed by atoms with Gasteiger partial charge in [-0.2, -0.15) is 0 Å². The standard InChI is InChI=1S/C6H4I2O/c7-3-1-5-9-6-2-4-8/h5-6H2. The molecule has 0 rings (SSSR count). The summed E-state index contributed by atoms with van der Waals surface area (Å²) in [5.41, 5.74) is 0. The van der Waals surface area contributed by atoms with Crippen LogP contribution in [0.1, 0.15) is 0 Å². The van der Waals surface area contributed by atoms with Gasteiger partial charge in [0.25, 0.3) is 0 Å².